The summed E-state index contributed by atoms with van der Waals surface area (Å²) in [7, 11) is -4.23. The number of sulfonamides is 1. The van der Waals surface area contributed by atoms with Crippen molar-refractivity contribution in [1.29, 1.82) is 0 Å². The van der Waals surface area contributed by atoms with Crippen molar-refractivity contribution in [3.05, 3.63) is 54.2 Å². The highest BCUT2D eigenvalue weighted by atomic mass is 32.2. The Morgan fingerprint density at radius 2 is 1.92 bits per heavy atom. The topological polar surface area (TPSA) is 140 Å². The van der Waals surface area contributed by atoms with Crippen molar-refractivity contribution >= 4 is 27.6 Å². The molecule has 3 N–H and O–H groups in total. The van der Waals surface area contributed by atoms with Gasteiger partial charge in [-0.25, -0.2) is 19.7 Å². The van der Waals surface area contributed by atoms with Crippen LogP contribution in [0, 0.1) is 5.92 Å². The number of nitrogen functional groups attached to an aromatic ring is 1. The van der Waals surface area contributed by atoms with Gasteiger partial charge in [0.2, 0.25) is 5.88 Å². The lowest BCUT2D eigenvalue weighted by Crippen LogP contribution is -2.36. The van der Waals surface area contributed by atoms with Gasteiger partial charge < -0.3 is 15.4 Å². The van der Waals surface area contributed by atoms with E-state index in [9.17, 15) is 13.2 Å². The summed E-state index contributed by atoms with van der Waals surface area (Å²) in [6.07, 6.45) is 6.00. The molecule has 194 valence electrons. The molecule has 11 heteroatoms. The van der Waals surface area contributed by atoms with E-state index in [1.54, 1.807) is 24.4 Å². The van der Waals surface area contributed by atoms with Gasteiger partial charge in [0.25, 0.3) is 15.9 Å². The first-order valence-corrected chi connectivity index (χ1v) is 13.9. The molecular formula is C26H30N6O4S. The first kappa shape index (κ1) is 24.9. The molecule has 1 saturated heterocycles. The third kappa shape index (κ3) is 5.51. The van der Waals surface area contributed by atoms with Crippen LogP contribution in [0.25, 0.3) is 11.3 Å². The van der Waals surface area contributed by atoms with E-state index < -0.39 is 15.9 Å². The molecule has 37 heavy (non-hydrogen) atoms. The van der Waals surface area contributed by atoms with Crippen LogP contribution in [0.3, 0.4) is 0 Å². The molecule has 1 aliphatic carbocycles. The molecule has 10 nitrogen and oxygen atoms in total. The fourth-order valence-electron chi connectivity index (χ4n) is 4.68. The number of nitrogens with zero attached hydrogens (tertiary/aromatic N) is 4. The number of hydrogen-bond donors (Lipinski definition) is 2. The highest BCUT2D eigenvalue weighted by Gasteiger charge is 2.40. The first-order valence-electron chi connectivity index (χ1n) is 12.4. The van der Waals surface area contributed by atoms with Crippen molar-refractivity contribution < 1.29 is 17.9 Å². The highest BCUT2D eigenvalue weighted by molar-refractivity contribution is 7.90. The smallest absolute Gasteiger partial charge is 0.281 e. The van der Waals surface area contributed by atoms with Crippen LogP contribution in [0.15, 0.2) is 53.7 Å². The summed E-state index contributed by atoms with van der Waals surface area (Å²) in [5.74, 6) is 0.841. The number of anilines is 2. The van der Waals surface area contributed by atoms with Crippen LogP contribution in [0.5, 0.6) is 5.88 Å². The summed E-state index contributed by atoms with van der Waals surface area (Å²) >= 11 is 0. The van der Waals surface area contributed by atoms with E-state index in [0.29, 0.717) is 23.3 Å². The summed E-state index contributed by atoms with van der Waals surface area (Å²) < 4.78 is 33.5. The van der Waals surface area contributed by atoms with Gasteiger partial charge in [0, 0.05) is 30.4 Å². The van der Waals surface area contributed by atoms with E-state index in [4.69, 9.17) is 15.5 Å². The highest BCUT2D eigenvalue weighted by Crippen LogP contribution is 2.42. The fourth-order valence-corrected chi connectivity index (χ4v) is 5.63. The van der Waals surface area contributed by atoms with Crippen LogP contribution >= 0.6 is 0 Å². The quantitative estimate of drug-likeness (QED) is 0.455. The standard InChI is InChI=1S/C26H30N6O4S/c1-16(2)36-23-13-10-18(15-28-23)20-12-11-19(25(29-20)32-14-4-5-21(32)17-8-9-17)26(33)31-37(34,35)24-7-3-6-22(27)30-24/h3,6-7,10-13,15-17,21H,4-5,8-9,14H2,1-2H3,(H2,27,30)(H,31,33). The van der Waals surface area contributed by atoms with Gasteiger partial charge in [-0.1, -0.05) is 6.07 Å². The zero-order valence-electron chi connectivity index (χ0n) is 20.8. The minimum atomic E-state index is -4.23. The summed E-state index contributed by atoms with van der Waals surface area (Å²) in [6.45, 7) is 4.62. The van der Waals surface area contributed by atoms with Gasteiger partial charge in [0.15, 0.2) is 5.03 Å². The van der Waals surface area contributed by atoms with E-state index in [-0.39, 0.29) is 28.6 Å². The molecule has 0 aromatic carbocycles. The number of carbonyl (C=O) groups is 1. The molecule has 1 amide bonds. The molecule has 3 aromatic rings. The molecule has 4 heterocycles. The lowest BCUT2D eigenvalue weighted by molar-refractivity contribution is 0.0981. The van der Waals surface area contributed by atoms with Gasteiger partial charge in [-0.2, -0.15) is 8.42 Å². The maximum Gasteiger partial charge on any atom is 0.281 e. The molecule has 0 spiro atoms. The number of hydrogen-bond acceptors (Lipinski definition) is 9. The normalized spacial score (nSPS) is 17.7. The zero-order chi connectivity index (χ0) is 26.2. The lowest BCUT2D eigenvalue weighted by atomic mass is 10.1. The van der Waals surface area contributed by atoms with Gasteiger partial charge in [-0.05, 0) is 75.8 Å². The van der Waals surface area contributed by atoms with Crippen molar-refractivity contribution in [2.75, 3.05) is 17.2 Å². The van der Waals surface area contributed by atoms with E-state index >= 15 is 0 Å². The second-order valence-corrected chi connectivity index (χ2v) is 11.3. The average molecular weight is 523 g/mol. The van der Waals surface area contributed by atoms with Crippen LogP contribution in [0.4, 0.5) is 11.6 Å². The Hall–Kier alpha value is -3.73. The first-order chi connectivity index (χ1) is 17.7. The van der Waals surface area contributed by atoms with Gasteiger partial charge in [0.1, 0.15) is 11.6 Å². The van der Waals surface area contributed by atoms with Crippen molar-refractivity contribution in [2.45, 2.75) is 56.7 Å². The lowest BCUT2D eigenvalue weighted by Gasteiger charge is -2.28. The molecule has 1 atom stereocenters. The summed E-state index contributed by atoms with van der Waals surface area (Å²) in [4.78, 5) is 28.6. The Balaban J connectivity index is 1.49. The fraction of sp³-hybridized carbons (Fsp3) is 0.385. The van der Waals surface area contributed by atoms with Crippen molar-refractivity contribution in [3.8, 4) is 17.1 Å². The van der Waals surface area contributed by atoms with Gasteiger partial charge in [-0.15, -0.1) is 0 Å². The molecule has 5 rings (SSSR count). The number of nitrogens with one attached hydrogen (secondary N) is 1. The second kappa shape index (κ2) is 9.97. The van der Waals surface area contributed by atoms with Gasteiger partial charge >= 0.3 is 0 Å². The van der Waals surface area contributed by atoms with E-state index in [1.165, 1.54) is 18.2 Å². The molecular weight excluding hydrogens is 492 g/mol. The Labute approximate surface area is 216 Å². The van der Waals surface area contributed by atoms with Crippen LogP contribution < -0.4 is 20.1 Å². The van der Waals surface area contributed by atoms with Gasteiger partial charge in [0.05, 0.1) is 17.4 Å². The van der Waals surface area contributed by atoms with Gasteiger partial charge in [-0.3, -0.25) is 4.79 Å². The molecule has 2 aliphatic rings. The maximum atomic E-state index is 13.3. The zero-order valence-corrected chi connectivity index (χ0v) is 21.6. The summed E-state index contributed by atoms with van der Waals surface area (Å²) in [5.41, 5.74) is 7.23. The number of ether oxygens (including phenoxy) is 1. The number of aromatic nitrogens is 3. The number of carbonyl (C=O) groups excluding carboxylic acids is 1. The molecule has 1 unspecified atom stereocenters. The second-order valence-electron chi connectivity index (χ2n) is 9.70. The van der Waals surface area contributed by atoms with Crippen LogP contribution in [-0.4, -0.2) is 48.0 Å². The van der Waals surface area contributed by atoms with E-state index in [2.05, 4.69) is 19.6 Å². The predicted octanol–water partition coefficient (Wildman–Crippen LogP) is 3.41. The van der Waals surface area contributed by atoms with E-state index in [1.807, 2.05) is 19.9 Å². The Bertz CT molecular complexity index is 1410. The van der Waals surface area contributed by atoms with Crippen molar-refractivity contribution in [1.82, 2.24) is 19.7 Å². The maximum absolute atomic E-state index is 13.3. The Morgan fingerprint density at radius 3 is 2.59 bits per heavy atom. The Morgan fingerprint density at radius 1 is 1.11 bits per heavy atom. The molecule has 1 saturated carbocycles. The average Bonchev–Trinajstić information content (AvgIpc) is 3.59. The largest absolute Gasteiger partial charge is 0.475 e. The number of pyridine rings is 3. The van der Waals surface area contributed by atoms with Crippen LogP contribution in [0.2, 0.25) is 0 Å². The van der Waals surface area contributed by atoms with Crippen molar-refractivity contribution in [2.24, 2.45) is 5.92 Å². The summed E-state index contributed by atoms with van der Waals surface area (Å²) in [5, 5.41) is -0.321. The summed E-state index contributed by atoms with van der Waals surface area (Å²) in [6, 6.07) is 11.5. The molecule has 0 radical (unpaired) electrons. The third-order valence-corrected chi connectivity index (χ3v) is 7.73. The number of amides is 1. The minimum Gasteiger partial charge on any atom is -0.475 e. The van der Waals surface area contributed by atoms with Crippen LogP contribution in [0.1, 0.15) is 49.9 Å². The third-order valence-electron chi connectivity index (χ3n) is 6.49. The van der Waals surface area contributed by atoms with Crippen LogP contribution in [-0.2, 0) is 10.0 Å². The molecule has 0 bridgehead atoms. The Kier molecular flexibility index (Phi) is 6.72. The molecule has 2 fully saturated rings. The number of nitrogens with two attached hydrogens (primary N) is 1. The minimum absolute atomic E-state index is 0.00852. The molecule has 1 aliphatic heterocycles. The number of rotatable bonds is 8. The predicted molar refractivity (Wildman–Crippen MR) is 140 cm³/mol. The van der Waals surface area contributed by atoms with Crippen molar-refractivity contribution in [3.63, 3.8) is 0 Å². The SMILES string of the molecule is CC(C)Oc1ccc(-c2ccc(C(=O)NS(=O)(=O)c3cccc(N)n3)c(N3CCCC3C3CC3)n2)cn1. The molecule has 3 aromatic heterocycles. The monoisotopic (exact) mass is 522 g/mol. The van der Waals surface area contributed by atoms with E-state index in [0.717, 1.165) is 37.8 Å².